The molecule has 0 aliphatic carbocycles. The Morgan fingerprint density at radius 2 is 1.84 bits per heavy atom. The summed E-state index contributed by atoms with van der Waals surface area (Å²) >= 11 is 0.148. The molecule has 1 amide bonds. The molecule has 0 aliphatic rings. The van der Waals surface area contributed by atoms with Gasteiger partial charge >= 0.3 is 6.18 Å². The largest absolute Gasteiger partial charge is 0.445 e. The van der Waals surface area contributed by atoms with Crippen molar-refractivity contribution in [1.29, 1.82) is 5.26 Å². The number of carbonyl (C=O) groups is 1. The second-order valence-electron chi connectivity index (χ2n) is 6.42. The van der Waals surface area contributed by atoms with Crippen LogP contribution in [0.4, 0.5) is 18.3 Å². The SMILES string of the molecule is CCS(=O)(=O)c1cc(-c2ccc(C#N)cc2)cnc1C(=O)N(C)c1nnc(C(F)(F)F)s1. The molecule has 0 saturated heterocycles. The van der Waals surface area contributed by atoms with Crippen LogP contribution in [-0.4, -0.2) is 42.3 Å². The Hall–Kier alpha value is -3.37. The summed E-state index contributed by atoms with van der Waals surface area (Å²) in [6, 6.07) is 9.54. The molecule has 32 heavy (non-hydrogen) atoms. The van der Waals surface area contributed by atoms with Crippen molar-refractivity contribution in [1.82, 2.24) is 15.2 Å². The molecule has 0 N–H and O–H groups in total. The number of sulfone groups is 1. The number of hydrogen-bond acceptors (Lipinski definition) is 8. The molecule has 0 radical (unpaired) electrons. The Morgan fingerprint density at radius 1 is 1.19 bits per heavy atom. The zero-order valence-corrected chi connectivity index (χ0v) is 18.2. The van der Waals surface area contributed by atoms with Gasteiger partial charge in [0.15, 0.2) is 9.84 Å². The molecular formula is C19H14F3N5O3S2. The van der Waals surface area contributed by atoms with Gasteiger partial charge in [-0.3, -0.25) is 9.69 Å². The third kappa shape index (κ3) is 4.61. The number of carbonyl (C=O) groups excluding carboxylic acids is 1. The van der Waals surface area contributed by atoms with E-state index in [1.807, 2.05) is 6.07 Å². The van der Waals surface area contributed by atoms with E-state index in [1.54, 1.807) is 24.3 Å². The maximum Gasteiger partial charge on any atom is 0.445 e. The number of amides is 1. The number of anilines is 1. The molecule has 3 aromatic rings. The molecule has 2 heterocycles. The summed E-state index contributed by atoms with van der Waals surface area (Å²) in [5, 5.41) is 13.7. The number of nitrogens with zero attached hydrogens (tertiary/aromatic N) is 5. The van der Waals surface area contributed by atoms with Crippen molar-refractivity contribution in [3.63, 3.8) is 0 Å². The average molecular weight is 481 g/mol. The number of benzene rings is 1. The van der Waals surface area contributed by atoms with Crippen LogP contribution in [0.3, 0.4) is 0 Å². The number of pyridine rings is 1. The first kappa shape index (κ1) is 23.3. The van der Waals surface area contributed by atoms with Gasteiger partial charge < -0.3 is 0 Å². The molecule has 166 valence electrons. The lowest BCUT2D eigenvalue weighted by Crippen LogP contribution is -2.29. The van der Waals surface area contributed by atoms with E-state index in [4.69, 9.17) is 5.26 Å². The standard InChI is InChI=1S/C19H14F3N5O3S2/c1-3-32(29,30)14-8-13(12-6-4-11(9-23)5-7-12)10-24-15(14)16(28)27(2)18-26-25-17(31-18)19(20,21)22/h4-8,10H,3H2,1-2H3. The number of halogens is 3. The molecule has 13 heteroatoms. The molecule has 0 spiro atoms. The fraction of sp³-hybridized carbons (Fsp3) is 0.211. The smallest absolute Gasteiger partial charge is 0.284 e. The molecule has 8 nitrogen and oxygen atoms in total. The molecule has 0 aliphatic heterocycles. The minimum atomic E-state index is -4.72. The van der Waals surface area contributed by atoms with Gasteiger partial charge in [0.25, 0.3) is 5.91 Å². The Kier molecular flexibility index (Phi) is 6.29. The minimum absolute atomic E-state index is 0.148. The maximum atomic E-state index is 12.9. The normalized spacial score (nSPS) is 11.8. The third-order valence-electron chi connectivity index (χ3n) is 4.37. The Balaban J connectivity index is 2.05. The van der Waals surface area contributed by atoms with Crippen molar-refractivity contribution < 1.29 is 26.4 Å². The number of alkyl halides is 3. The Labute approximate surface area is 184 Å². The van der Waals surface area contributed by atoms with Crippen LogP contribution >= 0.6 is 11.3 Å². The summed E-state index contributed by atoms with van der Waals surface area (Å²) in [6.07, 6.45) is -3.45. The van der Waals surface area contributed by atoms with Crippen molar-refractivity contribution in [3.05, 3.63) is 52.8 Å². The highest BCUT2D eigenvalue weighted by molar-refractivity contribution is 7.91. The summed E-state index contributed by atoms with van der Waals surface area (Å²) in [5.41, 5.74) is 0.911. The van der Waals surface area contributed by atoms with Gasteiger partial charge in [0.05, 0.1) is 22.3 Å². The van der Waals surface area contributed by atoms with Crippen molar-refractivity contribution in [2.75, 3.05) is 17.7 Å². The van der Waals surface area contributed by atoms with Crippen LogP contribution in [0.5, 0.6) is 0 Å². The van der Waals surface area contributed by atoms with Gasteiger partial charge in [0.2, 0.25) is 10.1 Å². The van der Waals surface area contributed by atoms with Crippen LogP contribution in [0.15, 0.2) is 41.4 Å². The maximum absolute atomic E-state index is 12.9. The van der Waals surface area contributed by atoms with Gasteiger partial charge in [-0.05, 0) is 23.8 Å². The predicted molar refractivity (Wildman–Crippen MR) is 110 cm³/mol. The number of nitriles is 1. The van der Waals surface area contributed by atoms with Gasteiger partial charge in [-0.15, -0.1) is 10.2 Å². The van der Waals surface area contributed by atoms with E-state index in [-0.39, 0.29) is 27.1 Å². The molecule has 0 bridgehead atoms. The fourth-order valence-electron chi connectivity index (χ4n) is 2.60. The summed E-state index contributed by atoms with van der Waals surface area (Å²) in [5.74, 6) is -1.28. The topological polar surface area (TPSA) is 117 Å². The Bertz CT molecular complexity index is 1310. The van der Waals surface area contributed by atoms with Crippen LogP contribution in [0.2, 0.25) is 0 Å². The first-order chi connectivity index (χ1) is 15.0. The highest BCUT2D eigenvalue weighted by Crippen LogP contribution is 2.34. The van der Waals surface area contributed by atoms with Crippen molar-refractivity contribution in [2.24, 2.45) is 0 Å². The van der Waals surface area contributed by atoms with E-state index >= 15 is 0 Å². The van der Waals surface area contributed by atoms with Gasteiger partial charge in [0.1, 0.15) is 5.69 Å². The van der Waals surface area contributed by atoms with Crippen LogP contribution < -0.4 is 4.90 Å². The fourth-order valence-corrected chi connectivity index (χ4v) is 4.33. The molecule has 3 rings (SSSR count). The molecule has 0 saturated carbocycles. The monoisotopic (exact) mass is 481 g/mol. The molecule has 1 aromatic carbocycles. The lowest BCUT2D eigenvalue weighted by molar-refractivity contribution is -0.138. The van der Waals surface area contributed by atoms with Gasteiger partial charge in [-0.2, -0.15) is 18.4 Å². The molecular weight excluding hydrogens is 467 g/mol. The van der Waals surface area contributed by atoms with E-state index in [2.05, 4.69) is 15.2 Å². The summed E-state index contributed by atoms with van der Waals surface area (Å²) in [6.45, 7) is 1.39. The third-order valence-corrected chi connectivity index (χ3v) is 7.15. The lowest BCUT2D eigenvalue weighted by atomic mass is 10.1. The number of rotatable bonds is 5. The van der Waals surface area contributed by atoms with E-state index in [9.17, 15) is 26.4 Å². The quantitative estimate of drug-likeness (QED) is 0.547. The molecule has 0 fully saturated rings. The zero-order chi connectivity index (χ0) is 23.7. The highest BCUT2D eigenvalue weighted by Gasteiger charge is 2.37. The van der Waals surface area contributed by atoms with Gasteiger partial charge in [0, 0.05) is 18.8 Å². The highest BCUT2D eigenvalue weighted by atomic mass is 32.2. The molecule has 2 aromatic heterocycles. The summed E-state index contributed by atoms with van der Waals surface area (Å²) < 4.78 is 63.8. The first-order valence-electron chi connectivity index (χ1n) is 8.90. The molecule has 0 atom stereocenters. The van der Waals surface area contributed by atoms with Crippen molar-refractivity contribution in [3.8, 4) is 17.2 Å². The number of aromatic nitrogens is 3. The number of hydrogen-bond donors (Lipinski definition) is 0. The minimum Gasteiger partial charge on any atom is -0.284 e. The summed E-state index contributed by atoms with van der Waals surface area (Å²) in [4.78, 5) is 17.4. The van der Waals surface area contributed by atoms with Crippen LogP contribution in [0.25, 0.3) is 11.1 Å². The van der Waals surface area contributed by atoms with Crippen LogP contribution in [-0.2, 0) is 16.0 Å². The first-order valence-corrected chi connectivity index (χ1v) is 11.4. The van der Waals surface area contributed by atoms with Gasteiger partial charge in [-0.1, -0.05) is 30.4 Å². The Morgan fingerprint density at radius 3 is 2.38 bits per heavy atom. The zero-order valence-electron chi connectivity index (χ0n) is 16.6. The van der Waals surface area contributed by atoms with E-state index in [1.165, 1.54) is 19.2 Å². The second kappa shape index (κ2) is 8.64. The van der Waals surface area contributed by atoms with E-state index in [0.717, 1.165) is 11.9 Å². The van der Waals surface area contributed by atoms with Crippen LogP contribution in [0.1, 0.15) is 28.0 Å². The van der Waals surface area contributed by atoms with E-state index in [0.29, 0.717) is 16.7 Å². The molecule has 0 unspecified atom stereocenters. The van der Waals surface area contributed by atoms with Crippen molar-refractivity contribution in [2.45, 2.75) is 18.0 Å². The lowest BCUT2D eigenvalue weighted by Gasteiger charge is -2.16. The van der Waals surface area contributed by atoms with Crippen molar-refractivity contribution >= 4 is 32.2 Å². The second-order valence-corrected chi connectivity index (χ2v) is 9.62. The van der Waals surface area contributed by atoms with Crippen LogP contribution in [0, 0.1) is 11.3 Å². The predicted octanol–water partition coefficient (Wildman–Crippen LogP) is 3.56. The van der Waals surface area contributed by atoms with E-state index < -0.39 is 32.6 Å². The van der Waals surface area contributed by atoms with Gasteiger partial charge in [-0.25, -0.2) is 13.4 Å². The average Bonchev–Trinajstić information content (AvgIpc) is 3.29. The summed E-state index contributed by atoms with van der Waals surface area (Å²) in [7, 11) is -2.77.